The van der Waals surface area contributed by atoms with E-state index >= 15 is 0 Å². The standard InChI is InChI=1S/C25H29F3O8/c1-14-17(25(26,27)28)9-10-18(29)22-19(35-24(2,3)36-22)8-6-7-15-11-16(32-5)12-20(33-13-31-4)21(15)23(30)34-14/h6-7,9-12,14,17,19,22H,8,13H2,1-5H3/b7-6+,10-9-/t14?,17?,19-,22?/m0/s1. The highest BCUT2D eigenvalue weighted by molar-refractivity contribution is 5.97. The van der Waals surface area contributed by atoms with Crippen LogP contribution in [0.1, 0.15) is 43.1 Å². The average Bonchev–Trinajstić information content (AvgIpc) is 3.10. The first-order valence-corrected chi connectivity index (χ1v) is 11.2. The van der Waals surface area contributed by atoms with Gasteiger partial charge in [0.25, 0.3) is 0 Å². The number of ether oxygens (including phenoxy) is 6. The number of hydrogen-bond donors (Lipinski definition) is 0. The van der Waals surface area contributed by atoms with Gasteiger partial charge in [-0.15, -0.1) is 0 Å². The van der Waals surface area contributed by atoms with Crippen LogP contribution in [0, 0.1) is 5.92 Å². The van der Waals surface area contributed by atoms with Crippen LogP contribution in [0.3, 0.4) is 0 Å². The van der Waals surface area contributed by atoms with Crippen molar-refractivity contribution >= 4 is 17.8 Å². The number of carbonyl (C=O) groups is 2. The Morgan fingerprint density at radius 3 is 2.47 bits per heavy atom. The minimum absolute atomic E-state index is 0.00822. The van der Waals surface area contributed by atoms with E-state index in [1.54, 1.807) is 26.0 Å². The van der Waals surface area contributed by atoms with Crippen LogP contribution in [0.4, 0.5) is 13.2 Å². The summed E-state index contributed by atoms with van der Waals surface area (Å²) in [4.78, 5) is 25.9. The van der Waals surface area contributed by atoms with Crippen LogP contribution in [0.25, 0.3) is 6.08 Å². The molecule has 4 atom stereocenters. The first-order chi connectivity index (χ1) is 16.9. The third-order valence-corrected chi connectivity index (χ3v) is 5.65. The number of benzene rings is 1. The van der Waals surface area contributed by atoms with E-state index in [9.17, 15) is 22.8 Å². The summed E-state index contributed by atoms with van der Waals surface area (Å²) in [5.74, 6) is -4.74. The van der Waals surface area contributed by atoms with Crippen LogP contribution >= 0.6 is 0 Å². The molecule has 1 saturated heterocycles. The Bertz CT molecular complexity index is 1030. The fourth-order valence-electron chi connectivity index (χ4n) is 4.02. The molecule has 3 rings (SSSR count). The van der Waals surface area contributed by atoms with Gasteiger partial charge in [-0.2, -0.15) is 13.2 Å². The van der Waals surface area contributed by atoms with E-state index in [0.717, 1.165) is 13.0 Å². The lowest BCUT2D eigenvalue weighted by molar-refractivity contribution is -0.182. The number of halogens is 3. The molecule has 36 heavy (non-hydrogen) atoms. The maximum atomic E-state index is 13.9. The molecule has 0 spiro atoms. The van der Waals surface area contributed by atoms with E-state index in [1.165, 1.54) is 26.4 Å². The number of ketones is 1. The van der Waals surface area contributed by atoms with Crippen LogP contribution in [0.2, 0.25) is 0 Å². The molecule has 198 valence electrons. The lowest BCUT2D eigenvalue weighted by atomic mass is 9.98. The van der Waals surface area contributed by atoms with Gasteiger partial charge in [0.05, 0.1) is 13.2 Å². The van der Waals surface area contributed by atoms with Gasteiger partial charge in [-0.25, -0.2) is 4.79 Å². The minimum atomic E-state index is -4.79. The van der Waals surface area contributed by atoms with Gasteiger partial charge < -0.3 is 28.4 Å². The van der Waals surface area contributed by atoms with Crippen molar-refractivity contribution in [3.05, 3.63) is 41.5 Å². The summed E-state index contributed by atoms with van der Waals surface area (Å²) in [5.41, 5.74) is 0.171. The number of cyclic esters (lactones) is 1. The number of alkyl halides is 3. The number of carbonyl (C=O) groups excluding carboxylic acids is 2. The number of esters is 1. The molecule has 8 nitrogen and oxygen atoms in total. The Morgan fingerprint density at radius 1 is 1.11 bits per heavy atom. The summed E-state index contributed by atoms with van der Waals surface area (Å²) < 4.78 is 74.1. The molecule has 0 bridgehead atoms. The van der Waals surface area contributed by atoms with Crippen LogP contribution in [0.15, 0.2) is 30.4 Å². The molecule has 0 radical (unpaired) electrons. The highest BCUT2D eigenvalue weighted by Crippen LogP contribution is 2.36. The van der Waals surface area contributed by atoms with Gasteiger partial charge in [-0.3, -0.25) is 4.79 Å². The molecule has 1 aromatic rings. The monoisotopic (exact) mass is 514 g/mol. The zero-order valence-corrected chi connectivity index (χ0v) is 20.6. The normalized spacial score (nSPS) is 28.3. The topological polar surface area (TPSA) is 89.5 Å². The van der Waals surface area contributed by atoms with Gasteiger partial charge in [0, 0.05) is 13.2 Å². The molecule has 1 aromatic carbocycles. The molecule has 0 N–H and O–H groups in total. The molecule has 0 aromatic heterocycles. The number of fused-ring (bicyclic) bond motifs is 2. The second-order valence-electron chi connectivity index (χ2n) is 8.81. The van der Waals surface area contributed by atoms with Crippen molar-refractivity contribution in [3.8, 4) is 11.5 Å². The van der Waals surface area contributed by atoms with E-state index in [1.807, 2.05) is 0 Å². The van der Waals surface area contributed by atoms with Gasteiger partial charge in [0.1, 0.15) is 35.2 Å². The van der Waals surface area contributed by atoms with Gasteiger partial charge in [0.15, 0.2) is 18.4 Å². The Kier molecular flexibility index (Phi) is 8.48. The van der Waals surface area contributed by atoms with E-state index in [0.29, 0.717) is 11.8 Å². The van der Waals surface area contributed by atoms with Crippen molar-refractivity contribution in [3.63, 3.8) is 0 Å². The molecule has 2 aliphatic heterocycles. The number of methoxy groups -OCH3 is 2. The molecule has 3 unspecified atom stereocenters. The maximum absolute atomic E-state index is 13.9. The molecule has 11 heteroatoms. The molecule has 1 fully saturated rings. The van der Waals surface area contributed by atoms with E-state index in [-0.39, 0.29) is 30.1 Å². The Hall–Kier alpha value is -2.89. The summed E-state index contributed by atoms with van der Waals surface area (Å²) in [5, 5.41) is 0. The average molecular weight is 514 g/mol. The fraction of sp³-hybridized carbons (Fsp3) is 0.520. The molecule has 2 heterocycles. The lowest BCUT2D eigenvalue weighted by Crippen LogP contribution is -2.35. The molecular formula is C25H29F3O8. The van der Waals surface area contributed by atoms with Crippen molar-refractivity contribution in [2.45, 2.75) is 57.5 Å². The minimum Gasteiger partial charge on any atom is -0.497 e. The number of rotatable bonds is 4. The number of hydrogen-bond acceptors (Lipinski definition) is 8. The highest BCUT2D eigenvalue weighted by Gasteiger charge is 2.46. The molecular weight excluding hydrogens is 485 g/mol. The van der Waals surface area contributed by atoms with Crippen molar-refractivity contribution in [2.75, 3.05) is 21.0 Å². The summed E-state index contributed by atoms with van der Waals surface area (Å²) in [7, 11) is 2.79. The van der Waals surface area contributed by atoms with E-state index in [4.69, 9.17) is 28.4 Å². The molecule has 0 aliphatic carbocycles. The zero-order valence-electron chi connectivity index (χ0n) is 20.6. The molecule has 2 aliphatic rings. The van der Waals surface area contributed by atoms with Crippen LogP contribution in [-0.2, 0) is 23.7 Å². The van der Waals surface area contributed by atoms with Gasteiger partial charge in [-0.05, 0) is 44.9 Å². The first-order valence-electron chi connectivity index (χ1n) is 11.2. The quantitative estimate of drug-likeness (QED) is 0.430. The second kappa shape index (κ2) is 11.0. The first kappa shape index (κ1) is 27.7. The van der Waals surface area contributed by atoms with Crippen molar-refractivity contribution in [2.24, 2.45) is 5.92 Å². The largest absolute Gasteiger partial charge is 0.497 e. The summed E-state index contributed by atoms with van der Waals surface area (Å²) in [6.45, 7) is 4.10. The van der Waals surface area contributed by atoms with Gasteiger partial charge in [-0.1, -0.05) is 18.2 Å². The summed E-state index contributed by atoms with van der Waals surface area (Å²) in [6.07, 6.45) is -3.43. The van der Waals surface area contributed by atoms with Crippen LogP contribution in [-0.4, -0.2) is 63.0 Å². The Balaban J connectivity index is 2.14. The summed E-state index contributed by atoms with van der Waals surface area (Å²) in [6, 6.07) is 2.93. The zero-order chi connectivity index (χ0) is 26.7. The lowest BCUT2D eigenvalue weighted by Gasteiger charge is -2.25. The predicted molar refractivity (Wildman–Crippen MR) is 122 cm³/mol. The van der Waals surface area contributed by atoms with Gasteiger partial charge in [0.2, 0.25) is 0 Å². The smallest absolute Gasteiger partial charge is 0.398 e. The molecule has 0 amide bonds. The predicted octanol–water partition coefficient (Wildman–Crippen LogP) is 4.46. The second-order valence-corrected chi connectivity index (χ2v) is 8.81. The van der Waals surface area contributed by atoms with E-state index in [2.05, 4.69) is 0 Å². The third kappa shape index (κ3) is 6.45. The van der Waals surface area contributed by atoms with Crippen LogP contribution < -0.4 is 9.47 Å². The third-order valence-electron chi connectivity index (χ3n) is 5.65. The van der Waals surface area contributed by atoms with Crippen molar-refractivity contribution < 1.29 is 51.2 Å². The van der Waals surface area contributed by atoms with Crippen molar-refractivity contribution in [1.29, 1.82) is 0 Å². The van der Waals surface area contributed by atoms with Gasteiger partial charge >= 0.3 is 12.1 Å². The van der Waals surface area contributed by atoms with Crippen molar-refractivity contribution in [1.82, 2.24) is 0 Å². The summed E-state index contributed by atoms with van der Waals surface area (Å²) >= 11 is 0. The van der Waals surface area contributed by atoms with Crippen LogP contribution in [0.5, 0.6) is 11.5 Å². The Morgan fingerprint density at radius 2 is 1.83 bits per heavy atom. The fourth-order valence-corrected chi connectivity index (χ4v) is 4.02. The van der Waals surface area contributed by atoms with E-state index < -0.39 is 47.9 Å². The Labute approximate surface area is 206 Å². The maximum Gasteiger partial charge on any atom is 0.398 e. The SMILES string of the molecule is COCOc1cc(OC)cc2c1C(=O)OC(C)C(C(F)(F)F)/C=C\C(=O)C1OC(C)(C)O[C@H]1C/C=C/2. The highest BCUT2D eigenvalue weighted by atomic mass is 19.4. The molecule has 0 saturated carbocycles.